The zero-order valence-corrected chi connectivity index (χ0v) is 27.4. The second-order valence-corrected chi connectivity index (χ2v) is 13.0. The van der Waals surface area contributed by atoms with Crippen LogP contribution in [0.3, 0.4) is 0 Å². The van der Waals surface area contributed by atoms with E-state index in [0.717, 1.165) is 35.4 Å². The van der Waals surface area contributed by atoms with Crippen LogP contribution in [0.5, 0.6) is 17.2 Å². The van der Waals surface area contributed by atoms with Crippen LogP contribution in [0.2, 0.25) is 0 Å². The molecule has 0 aliphatic carbocycles. The Morgan fingerprint density at radius 1 is 1.04 bits per heavy atom. The van der Waals surface area contributed by atoms with Gasteiger partial charge in [-0.2, -0.15) is 5.26 Å². The second kappa shape index (κ2) is 15.7. The first-order valence-corrected chi connectivity index (χ1v) is 16.5. The number of hydrogen-bond acceptors (Lipinski definition) is 10. The first-order chi connectivity index (χ1) is 23.3. The summed E-state index contributed by atoms with van der Waals surface area (Å²) in [4.78, 5) is 15.4. The molecule has 2 saturated heterocycles. The van der Waals surface area contributed by atoms with Gasteiger partial charge in [0.25, 0.3) is 0 Å². The van der Waals surface area contributed by atoms with Crippen molar-refractivity contribution < 1.29 is 38.3 Å². The van der Waals surface area contributed by atoms with E-state index in [4.69, 9.17) is 28.4 Å². The number of carbonyl (C=O) groups is 1. The van der Waals surface area contributed by atoms with E-state index in [-0.39, 0.29) is 32.2 Å². The number of alkyl carbamates (subject to hydrolysis) is 1. The number of rotatable bonds is 14. The van der Waals surface area contributed by atoms with Crippen molar-refractivity contribution in [1.29, 1.82) is 5.26 Å². The van der Waals surface area contributed by atoms with E-state index in [0.29, 0.717) is 49.1 Å². The molecule has 0 bridgehead atoms. The normalized spacial score (nSPS) is 20.7. The number of carbonyl (C=O) groups excluding carboxylic acids is 1. The monoisotopic (exact) mass is 657 g/mol. The third-order valence-corrected chi connectivity index (χ3v) is 8.83. The fourth-order valence-electron chi connectivity index (χ4n) is 6.45. The van der Waals surface area contributed by atoms with Crippen molar-refractivity contribution in [3.8, 4) is 23.3 Å². The van der Waals surface area contributed by atoms with Gasteiger partial charge in [-0.15, -0.1) is 0 Å². The largest absolute Gasteiger partial charge is 0.489 e. The summed E-state index contributed by atoms with van der Waals surface area (Å²) in [6, 6.07) is 22.3. The molecule has 3 aromatic rings. The number of hydrogen-bond donors (Lipinski definition) is 2. The van der Waals surface area contributed by atoms with Crippen molar-refractivity contribution in [2.24, 2.45) is 11.8 Å². The van der Waals surface area contributed by atoms with E-state index >= 15 is 0 Å². The molecule has 6 rings (SSSR count). The molecule has 3 aromatic carbocycles. The molecule has 0 saturated carbocycles. The van der Waals surface area contributed by atoms with E-state index in [1.165, 1.54) is 0 Å². The van der Waals surface area contributed by atoms with Gasteiger partial charge in [0, 0.05) is 25.2 Å². The lowest BCUT2D eigenvalue weighted by Crippen LogP contribution is -2.50. The van der Waals surface area contributed by atoms with Gasteiger partial charge >= 0.3 is 6.09 Å². The number of nitriles is 1. The number of ether oxygens (including phenoxy) is 6. The summed E-state index contributed by atoms with van der Waals surface area (Å²) in [5.74, 6) is 2.45. The van der Waals surface area contributed by atoms with Crippen LogP contribution >= 0.6 is 0 Å². The first kappa shape index (κ1) is 33.6. The lowest BCUT2D eigenvalue weighted by atomic mass is 10.00. The molecule has 2 fully saturated rings. The minimum absolute atomic E-state index is 0.00928. The number of nitrogens with one attached hydrogen (secondary N) is 1. The Hall–Kier alpha value is -4.34. The van der Waals surface area contributed by atoms with Gasteiger partial charge in [-0.3, -0.25) is 4.90 Å². The predicted molar refractivity (Wildman–Crippen MR) is 175 cm³/mol. The standard InChI is InChI=1S/C37H43N3O8/c1-24(2)18-40(19-26-9-12-33-34(16-26)47-23-46-33)20-32(41)31(39-37(42)48-35-22-45-36-30(35)13-14-43-36)15-25-7-10-29(11-8-25)44-21-28-6-4-3-5-27(28)17-38/h3-12,16,24,30-32,35-36,41H,13-15,18-23H2,1-2H3,(H,39,42). The Kier molecular flexibility index (Phi) is 11.0. The van der Waals surface area contributed by atoms with Crippen LogP contribution in [-0.2, 0) is 33.8 Å². The van der Waals surface area contributed by atoms with Gasteiger partial charge in [-0.25, -0.2) is 4.79 Å². The summed E-state index contributed by atoms with van der Waals surface area (Å²) in [7, 11) is 0. The van der Waals surface area contributed by atoms with Crippen molar-refractivity contribution in [2.75, 3.05) is 33.1 Å². The molecule has 3 aliphatic heterocycles. The number of aliphatic hydroxyl groups excluding tert-OH is 1. The molecule has 11 heteroatoms. The number of nitrogens with zero attached hydrogens (tertiary/aromatic N) is 2. The summed E-state index contributed by atoms with van der Waals surface area (Å²) < 4.78 is 34.1. The Morgan fingerprint density at radius 3 is 2.65 bits per heavy atom. The van der Waals surface area contributed by atoms with Crippen LogP contribution in [0.25, 0.3) is 0 Å². The molecule has 1 amide bonds. The Bertz CT molecular complexity index is 1580. The predicted octanol–water partition coefficient (Wildman–Crippen LogP) is 4.78. The van der Waals surface area contributed by atoms with Crippen molar-refractivity contribution in [1.82, 2.24) is 10.2 Å². The van der Waals surface area contributed by atoms with Crippen molar-refractivity contribution in [3.05, 3.63) is 89.0 Å². The summed E-state index contributed by atoms with van der Waals surface area (Å²) in [6.07, 6.45) is -1.10. The van der Waals surface area contributed by atoms with E-state index in [2.05, 4.69) is 30.1 Å². The molecular weight excluding hydrogens is 614 g/mol. The van der Waals surface area contributed by atoms with Gasteiger partial charge in [0.1, 0.15) is 18.5 Å². The molecule has 5 atom stereocenters. The highest BCUT2D eigenvalue weighted by molar-refractivity contribution is 5.68. The molecule has 0 radical (unpaired) electrons. The van der Waals surface area contributed by atoms with E-state index in [1.807, 2.05) is 60.7 Å². The maximum absolute atomic E-state index is 13.3. The maximum atomic E-state index is 13.3. The van der Waals surface area contributed by atoms with Gasteiger partial charge in [-0.1, -0.05) is 50.2 Å². The van der Waals surface area contributed by atoms with E-state index < -0.39 is 24.3 Å². The number of aliphatic hydroxyl groups is 1. The molecule has 0 spiro atoms. The van der Waals surface area contributed by atoms with Gasteiger partial charge in [-0.05, 0) is 60.2 Å². The van der Waals surface area contributed by atoms with Gasteiger partial charge < -0.3 is 38.8 Å². The van der Waals surface area contributed by atoms with E-state index in [1.54, 1.807) is 6.07 Å². The Labute approximate surface area is 281 Å². The SMILES string of the molecule is CC(C)CN(Cc1ccc2c(c1)OCO2)CC(O)C(Cc1ccc(OCc2ccccc2C#N)cc1)NC(=O)OC1COC2OCCC12. The highest BCUT2D eigenvalue weighted by atomic mass is 16.7. The van der Waals surface area contributed by atoms with Crippen LogP contribution in [0.4, 0.5) is 4.79 Å². The molecule has 3 heterocycles. The summed E-state index contributed by atoms with van der Waals surface area (Å²) >= 11 is 0. The Balaban J connectivity index is 1.13. The molecule has 0 aromatic heterocycles. The molecule has 3 aliphatic rings. The molecule has 2 N–H and O–H groups in total. The quantitative estimate of drug-likeness (QED) is 0.250. The number of amides is 1. The van der Waals surface area contributed by atoms with Crippen LogP contribution < -0.4 is 19.5 Å². The molecule has 254 valence electrons. The fourth-order valence-corrected chi connectivity index (χ4v) is 6.45. The van der Waals surface area contributed by atoms with Crippen LogP contribution in [0.15, 0.2) is 66.7 Å². The average molecular weight is 658 g/mol. The highest BCUT2D eigenvalue weighted by Crippen LogP contribution is 2.34. The van der Waals surface area contributed by atoms with Crippen molar-refractivity contribution in [2.45, 2.75) is 64.4 Å². The zero-order chi connectivity index (χ0) is 33.5. The second-order valence-electron chi connectivity index (χ2n) is 13.0. The first-order valence-electron chi connectivity index (χ1n) is 16.5. The lowest BCUT2D eigenvalue weighted by Gasteiger charge is -2.31. The highest BCUT2D eigenvalue weighted by Gasteiger charge is 2.44. The third kappa shape index (κ3) is 8.57. The zero-order valence-electron chi connectivity index (χ0n) is 27.4. The lowest BCUT2D eigenvalue weighted by molar-refractivity contribution is -0.0907. The van der Waals surface area contributed by atoms with Crippen LogP contribution in [0.1, 0.15) is 42.5 Å². The topological polar surface area (TPSA) is 132 Å². The fraction of sp³-hybridized carbons (Fsp3) is 0.459. The van der Waals surface area contributed by atoms with Crippen molar-refractivity contribution >= 4 is 6.09 Å². The van der Waals surface area contributed by atoms with Crippen LogP contribution in [-0.4, -0.2) is 73.7 Å². The number of benzene rings is 3. The van der Waals surface area contributed by atoms with Gasteiger partial charge in [0.15, 0.2) is 17.8 Å². The minimum Gasteiger partial charge on any atom is -0.489 e. The third-order valence-electron chi connectivity index (χ3n) is 8.83. The maximum Gasteiger partial charge on any atom is 0.407 e. The molecule has 11 nitrogen and oxygen atoms in total. The smallest absolute Gasteiger partial charge is 0.407 e. The number of fused-ring (bicyclic) bond motifs is 2. The van der Waals surface area contributed by atoms with Gasteiger partial charge in [0.05, 0.1) is 42.9 Å². The van der Waals surface area contributed by atoms with E-state index in [9.17, 15) is 15.2 Å². The minimum atomic E-state index is -0.911. The molecular formula is C37H43N3O8. The summed E-state index contributed by atoms with van der Waals surface area (Å²) in [5, 5.41) is 24.1. The Morgan fingerprint density at radius 2 is 1.83 bits per heavy atom. The van der Waals surface area contributed by atoms with Gasteiger partial charge in [0.2, 0.25) is 6.79 Å². The molecule has 5 unspecified atom stereocenters. The average Bonchev–Trinajstić information content (AvgIpc) is 3.83. The van der Waals surface area contributed by atoms with Crippen molar-refractivity contribution in [3.63, 3.8) is 0 Å². The summed E-state index contributed by atoms with van der Waals surface area (Å²) in [6.45, 7) is 7.27. The summed E-state index contributed by atoms with van der Waals surface area (Å²) in [5.41, 5.74) is 3.33. The molecule has 48 heavy (non-hydrogen) atoms. The van der Waals surface area contributed by atoms with Crippen LogP contribution in [0, 0.1) is 23.2 Å².